The molecule has 6 rings (SSSR count). The molecule has 45 heavy (non-hydrogen) atoms. The summed E-state index contributed by atoms with van der Waals surface area (Å²) in [4.78, 5) is 0. The Kier molecular flexibility index (Phi) is 9.08. The predicted octanol–water partition coefficient (Wildman–Crippen LogP) is -0.530. The summed E-state index contributed by atoms with van der Waals surface area (Å²) in [5, 5.41) is 4.89. The summed E-state index contributed by atoms with van der Waals surface area (Å²) in [6.07, 6.45) is -3.00. The summed E-state index contributed by atoms with van der Waals surface area (Å²) in [6, 6.07) is 0. The molecule has 0 aromatic carbocycles. The molecule has 6 saturated heterocycles. The molecule has 0 unspecified atom stereocenters. The van der Waals surface area contributed by atoms with Crippen molar-refractivity contribution < 1.29 is 72.6 Å². The van der Waals surface area contributed by atoms with E-state index < -0.39 is 92.5 Å². The highest BCUT2D eigenvalue weighted by Crippen LogP contribution is 2.50. The standard InChI is InChI=1S/C13H23NO8S.C12H21NO8S/c1-11(2)19-8-6-17-13(7-18-23(15,16)14-5)10(9(8)20-11)21-12(3,4)22-13;1-10(2)16-5-7-8(19-10)9-12(18-7,6-17-22(13,14)15)21-11(3,4)20-9/h8-10,14H,6-7H2,1-5H3;7-9H,5-6H2,1-4H3,(H2,13,14,15)/t8-,9-,10+,13+;7-,8+,9-,12-/m10/s1. The molecule has 6 fully saturated rings. The quantitative estimate of drug-likeness (QED) is 0.343. The first-order valence-corrected chi connectivity index (χ1v) is 17.3. The molecule has 6 aliphatic heterocycles. The maximum atomic E-state index is 11.6. The van der Waals surface area contributed by atoms with Gasteiger partial charge in [-0.15, -0.1) is 0 Å². The minimum Gasteiger partial charge on any atom is -0.348 e. The molecule has 0 amide bonds. The van der Waals surface area contributed by atoms with Gasteiger partial charge in [0.2, 0.25) is 11.6 Å². The summed E-state index contributed by atoms with van der Waals surface area (Å²) in [6.45, 7) is 13.7. The summed E-state index contributed by atoms with van der Waals surface area (Å²) in [7, 11) is -6.76. The van der Waals surface area contributed by atoms with Crippen molar-refractivity contribution in [3.05, 3.63) is 0 Å². The summed E-state index contributed by atoms with van der Waals surface area (Å²) in [5.41, 5.74) is 0. The maximum Gasteiger partial charge on any atom is 0.335 e. The lowest BCUT2D eigenvalue weighted by Crippen LogP contribution is -2.60. The van der Waals surface area contributed by atoms with Crippen LogP contribution in [0.5, 0.6) is 0 Å². The van der Waals surface area contributed by atoms with Crippen LogP contribution >= 0.6 is 0 Å². The molecule has 6 heterocycles. The van der Waals surface area contributed by atoms with E-state index in [9.17, 15) is 16.8 Å². The number of rotatable bonds is 7. The van der Waals surface area contributed by atoms with E-state index in [4.69, 9.17) is 60.9 Å². The van der Waals surface area contributed by atoms with Gasteiger partial charge in [-0.1, -0.05) is 0 Å². The van der Waals surface area contributed by atoms with Gasteiger partial charge in [-0.25, -0.2) is 5.14 Å². The molecule has 0 aliphatic carbocycles. The van der Waals surface area contributed by atoms with Crippen LogP contribution in [0.1, 0.15) is 55.4 Å². The number of nitrogens with two attached hydrogens (primary N) is 1. The number of hydrogen-bond donors (Lipinski definition) is 2. The van der Waals surface area contributed by atoms with E-state index in [1.807, 2.05) is 0 Å². The topological polar surface area (TPSA) is 217 Å². The molecule has 0 aromatic heterocycles. The van der Waals surface area contributed by atoms with E-state index in [2.05, 4.69) is 4.72 Å². The molecule has 8 atom stereocenters. The highest BCUT2D eigenvalue weighted by atomic mass is 32.2. The SMILES string of the molecule is CC1(C)OC[C@@H]2O[C@@]3(COS(N)(=O)=O)OC(C)(C)O[C@H]3[C@@H]2O1.CNS(=O)(=O)OC[C@@]12OC[C@H]3OC(C)(C)O[C@H]3[C@@H]1OC(C)(C)O2. The predicted molar refractivity (Wildman–Crippen MR) is 148 cm³/mol. The molecular weight excluding hydrogens is 648 g/mol. The van der Waals surface area contributed by atoms with Gasteiger partial charge in [-0.2, -0.15) is 21.6 Å². The third-order valence-corrected chi connectivity index (χ3v) is 9.03. The molecule has 18 nitrogen and oxygen atoms in total. The Morgan fingerprint density at radius 2 is 1.13 bits per heavy atom. The molecule has 262 valence electrons. The summed E-state index contributed by atoms with van der Waals surface area (Å²) in [5.74, 6) is -6.29. The minimum atomic E-state index is -4.14. The van der Waals surface area contributed by atoms with E-state index >= 15 is 0 Å². The number of hydrogen-bond acceptors (Lipinski definition) is 16. The van der Waals surface area contributed by atoms with Gasteiger partial charge in [0.1, 0.15) is 49.8 Å². The Labute approximate surface area is 263 Å². The molecule has 0 bridgehead atoms. The highest BCUT2D eigenvalue weighted by molar-refractivity contribution is 7.84. The van der Waals surface area contributed by atoms with Crippen molar-refractivity contribution in [1.82, 2.24) is 4.72 Å². The third-order valence-electron chi connectivity index (χ3n) is 7.66. The molecule has 0 aromatic rings. The smallest absolute Gasteiger partial charge is 0.335 e. The Balaban J connectivity index is 0.000000178. The van der Waals surface area contributed by atoms with Crippen molar-refractivity contribution in [2.75, 3.05) is 33.5 Å². The van der Waals surface area contributed by atoms with Crippen LogP contribution < -0.4 is 9.86 Å². The largest absolute Gasteiger partial charge is 0.348 e. The molecule has 20 heteroatoms. The first-order chi connectivity index (χ1) is 20.4. The fourth-order valence-electron chi connectivity index (χ4n) is 6.21. The maximum absolute atomic E-state index is 11.6. The van der Waals surface area contributed by atoms with Crippen LogP contribution in [-0.4, -0.2) is 122 Å². The summed E-state index contributed by atoms with van der Waals surface area (Å²) >= 11 is 0. The van der Waals surface area contributed by atoms with Gasteiger partial charge in [0, 0.05) is 7.05 Å². The van der Waals surface area contributed by atoms with Crippen molar-refractivity contribution >= 4 is 20.6 Å². The van der Waals surface area contributed by atoms with E-state index in [-0.39, 0.29) is 25.9 Å². The van der Waals surface area contributed by atoms with Crippen LogP contribution in [0.3, 0.4) is 0 Å². The van der Waals surface area contributed by atoms with Crippen molar-refractivity contribution in [3.63, 3.8) is 0 Å². The average Bonchev–Trinajstić information content (AvgIpc) is 3.53. The Morgan fingerprint density at radius 3 is 1.71 bits per heavy atom. The molecule has 0 saturated carbocycles. The zero-order valence-electron chi connectivity index (χ0n) is 26.7. The Bertz CT molecular complexity index is 1340. The lowest BCUT2D eigenvalue weighted by atomic mass is 9.98. The first kappa shape index (κ1) is 35.6. The monoisotopic (exact) mass is 692 g/mol. The van der Waals surface area contributed by atoms with Crippen LogP contribution in [-0.2, 0) is 76.3 Å². The first-order valence-electron chi connectivity index (χ1n) is 14.4. The second kappa shape index (κ2) is 11.5. The van der Waals surface area contributed by atoms with Crippen molar-refractivity contribution in [1.29, 1.82) is 0 Å². The van der Waals surface area contributed by atoms with Gasteiger partial charge < -0.3 is 47.4 Å². The second-order valence-electron chi connectivity index (χ2n) is 13.3. The molecule has 0 radical (unpaired) electrons. The van der Waals surface area contributed by atoms with Gasteiger partial charge in [0.05, 0.1) is 13.2 Å². The van der Waals surface area contributed by atoms with Crippen LogP contribution in [0.2, 0.25) is 0 Å². The van der Waals surface area contributed by atoms with Gasteiger partial charge in [0.15, 0.2) is 23.1 Å². The van der Waals surface area contributed by atoms with E-state index in [0.29, 0.717) is 0 Å². The van der Waals surface area contributed by atoms with Gasteiger partial charge in [-0.3, -0.25) is 8.37 Å². The van der Waals surface area contributed by atoms with E-state index in [0.717, 1.165) is 0 Å². The molecule has 6 aliphatic rings. The normalized spacial score (nSPS) is 42.2. The van der Waals surface area contributed by atoms with Crippen LogP contribution in [0.15, 0.2) is 0 Å². The van der Waals surface area contributed by atoms with Crippen molar-refractivity contribution in [2.45, 2.75) is 127 Å². The second-order valence-corrected chi connectivity index (χ2v) is 16.1. The van der Waals surface area contributed by atoms with Crippen LogP contribution in [0, 0.1) is 0 Å². The Morgan fingerprint density at radius 1 is 0.644 bits per heavy atom. The third kappa shape index (κ3) is 7.66. The number of ether oxygens (including phenoxy) is 10. The van der Waals surface area contributed by atoms with Crippen LogP contribution in [0.25, 0.3) is 0 Å². The minimum absolute atomic E-state index is 0.187. The Hall–Kier alpha value is -0.660. The van der Waals surface area contributed by atoms with Crippen LogP contribution in [0.4, 0.5) is 0 Å². The van der Waals surface area contributed by atoms with Gasteiger partial charge in [-0.05, 0) is 55.4 Å². The zero-order valence-corrected chi connectivity index (χ0v) is 28.4. The average molecular weight is 693 g/mol. The lowest BCUT2D eigenvalue weighted by Gasteiger charge is -2.40. The van der Waals surface area contributed by atoms with E-state index in [1.165, 1.54) is 7.05 Å². The number of fused-ring (bicyclic) bond motifs is 6. The molecule has 3 N–H and O–H groups in total. The zero-order chi connectivity index (χ0) is 33.5. The van der Waals surface area contributed by atoms with Gasteiger partial charge >= 0.3 is 20.6 Å². The molecule has 0 spiro atoms. The van der Waals surface area contributed by atoms with Crippen molar-refractivity contribution in [2.24, 2.45) is 5.14 Å². The molecular formula is C25H44N2O16S2. The summed E-state index contributed by atoms with van der Waals surface area (Å²) < 4.78 is 115. The van der Waals surface area contributed by atoms with Crippen molar-refractivity contribution in [3.8, 4) is 0 Å². The van der Waals surface area contributed by atoms with E-state index in [1.54, 1.807) is 55.4 Å². The highest BCUT2D eigenvalue weighted by Gasteiger charge is 2.68. The van der Waals surface area contributed by atoms with Gasteiger partial charge in [0.25, 0.3) is 0 Å². The fraction of sp³-hybridized carbons (Fsp3) is 1.00. The lowest BCUT2D eigenvalue weighted by molar-refractivity contribution is -0.329. The number of nitrogens with one attached hydrogen (secondary N) is 1. The fourth-order valence-corrected chi connectivity index (χ4v) is 6.97.